The summed E-state index contributed by atoms with van der Waals surface area (Å²) in [6.45, 7) is 6.56. The van der Waals surface area contributed by atoms with Crippen molar-refractivity contribution in [3.63, 3.8) is 0 Å². The lowest BCUT2D eigenvalue weighted by Gasteiger charge is -2.02. The molecule has 0 saturated heterocycles. The maximum atomic E-state index is 5.81. The molecule has 0 aliphatic rings. The third kappa shape index (κ3) is 2.13. The molecule has 82 valence electrons. The number of fused-ring (bicyclic) bond motifs is 1. The van der Waals surface area contributed by atoms with Gasteiger partial charge in [0.05, 0.1) is 0 Å². The molecular formula is C12H19N3. The van der Waals surface area contributed by atoms with Gasteiger partial charge in [-0.25, -0.2) is 0 Å². The monoisotopic (exact) mass is 205 g/mol. The first-order chi connectivity index (χ1) is 7.22. The minimum absolute atomic E-state index is 0.492. The fraction of sp³-hybridized carbons (Fsp3) is 0.333. The van der Waals surface area contributed by atoms with Crippen molar-refractivity contribution < 1.29 is 0 Å². The Morgan fingerprint density at radius 1 is 1.27 bits per heavy atom. The molecule has 1 heterocycles. The number of anilines is 1. The van der Waals surface area contributed by atoms with E-state index in [0.717, 1.165) is 16.8 Å². The van der Waals surface area contributed by atoms with Gasteiger partial charge in [0.25, 0.3) is 0 Å². The third-order valence-corrected chi connectivity index (χ3v) is 2.37. The van der Waals surface area contributed by atoms with Gasteiger partial charge in [-0.2, -0.15) is 0 Å². The Labute approximate surface area is 90.5 Å². The lowest BCUT2D eigenvalue weighted by atomic mass is 10.1. The van der Waals surface area contributed by atoms with Crippen LogP contribution in [-0.4, -0.2) is 4.98 Å². The number of aryl methyl sites for hydroxylation is 1. The normalized spacial score (nSPS) is 9.87. The predicted octanol–water partition coefficient (Wildman–Crippen LogP) is 2.54. The average Bonchev–Trinajstić information content (AvgIpc) is 2.61. The van der Waals surface area contributed by atoms with Crippen LogP contribution >= 0.6 is 0 Å². The standard InChI is InChI=1S/C10H13N3.C2H6/c1-6-5-13-10-3-9(12)7(4-11)2-8(6)10;1-2/h2-3,5,13H,4,11-12H2,1H3;1-2H3. The number of hydrogen-bond donors (Lipinski definition) is 3. The minimum Gasteiger partial charge on any atom is -0.398 e. The molecule has 0 atom stereocenters. The van der Waals surface area contributed by atoms with Crippen LogP contribution < -0.4 is 11.5 Å². The zero-order chi connectivity index (χ0) is 11.4. The summed E-state index contributed by atoms with van der Waals surface area (Å²) in [7, 11) is 0. The number of nitrogen functional groups attached to an aromatic ring is 1. The molecule has 0 aliphatic heterocycles. The van der Waals surface area contributed by atoms with Crippen LogP contribution in [0.1, 0.15) is 25.0 Å². The molecule has 0 amide bonds. The second-order valence-electron chi connectivity index (χ2n) is 3.27. The molecule has 0 saturated carbocycles. The van der Waals surface area contributed by atoms with Crippen LogP contribution in [0.15, 0.2) is 18.3 Å². The SMILES string of the molecule is CC.Cc1c[nH]c2cc(N)c(CN)cc12. The van der Waals surface area contributed by atoms with Crippen molar-refractivity contribution in [2.24, 2.45) is 5.73 Å². The van der Waals surface area contributed by atoms with Crippen LogP contribution in [0.3, 0.4) is 0 Å². The number of aromatic nitrogens is 1. The highest BCUT2D eigenvalue weighted by molar-refractivity contribution is 5.87. The quantitative estimate of drug-likeness (QED) is 0.626. The van der Waals surface area contributed by atoms with E-state index >= 15 is 0 Å². The van der Waals surface area contributed by atoms with Crippen LogP contribution in [0, 0.1) is 6.92 Å². The number of hydrogen-bond acceptors (Lipinski definition) is 2. The molecule has 1 aromatic carbocycles. The van der Waals surface area contributed by atoms with E-state index in [9.17, 15) is 0 Å². The molecule has 2 aromatic rings. The number of nitrogens with two attached hydrogens (primary N) is 2. The third-order valence-electron chi connectivity index (χ3n) is 2.37. The van der Waals surface area contributed by atoms with Crippen LogP contribution in [0.2, 0.25) is 0 Å². The maximum absolute atomic E-state index is 5.81. The molecule has 1 aromatic heterocycles. The number of H-pyrrole nitrogens is 1. The summed E-state index contributed by atoms with van der Waals surface area (Å²) < 4.78 is 0. The minimum atomic E-state index is 0.492. The Kier molecular flexibility index (Phi) is 3.74. The Balaban J connectivity index is 0.000000531. The van der Waals surface area contributed by atoms with Crippen molar-refractivity contribution in [3.05, 3.63) is 29.5 Å². The summed E-state index contributed by atoms with van der Waals surface area (Å²) in [5, 5.41) is 1.20. The van der Waals surface area contributed by atoms with Gasteiger partial charge >= 0.3 is 0 Å². The number of rotatable bonds is 1. The van der Waals surface area contributed by atoms with Gasteiger partial charge in [0.15, 0.2) is 0 Å². The van der Waals surface area contributed by atoms with Gasteiger partial charge in [-0.05, 0) is 30.2 Å². The molecular weight excluding hydrogens is 186 g/mol. The Morgan fingerprint density at radius 3 is 2.53 bits per heavy atom. The summed E-state index contributed by atoms with van der Waals surface area (Å²) in [4.78, 5) is 3.16. The van der Waals surface area contributed by atoms with E-state index in [1.165, 1.54) is 10.9 Å². The number of benzene rings is 1. The fourth-order valence-corrected chi connectivity index (χ4v) is 1.55. The molecule has 0 bridgehead atoms. The first-order valence-corrected chi connectivity index (χ1v) is 5.28. The van der Waals surface area contributed by atoms with Gasteiger partial charge in [-0.15, -0.1) is 0 Å². The topological polar surface area (TPSA) is 67.8 Å². The van der Waals surface area contributed by atoms with Crippen LogP contribution in [0.25, 0.3) is 10.9 Å². The van der Waals surface area contributed by atoms with E-state index in [0.29, 0.717) is 6.54 Å². The lowest BCUT2D eigenvalue weighted by molar-refractivity contribution is 1.08. The summed E-state index contributed by atoms with van der Waals surface area (Å²) in [6.07, 6.45) is 1.98. The van der Waals surface area contributed by atoms with E-state index in [2.05, 4.69) is 18.0 Å². The van der Waals surface area contributed by atoms with Crippen molar-refractivity contribution in [3.8, 4) is 0 Å². The zero-order valence-corrected chi connectivity index (χ0v) is 9.59. The Bertz CT molecular complexity index is 443. The first-order valence-electron chi connectivity index (χ1n) is 5.28. The number of aromatic amines is 1. The predicted molar refractivity (Wildman–Crippen MR) is 66.7 cm³/mol. The van der Waals surface area contributed by atoms with Gasteiger partial charge in [0.1, 0.15) is 0 Å². The van der Waals surface area contributed by atoms with Crippen LogP contribution in [-0.2, 0) is 6.54 Å². The highest BCUT2D eigenvalue weighted by Gasteiger charge is 2.03. The molecule has 15 heavy (non-hydrogen) atoms. The van der Waals surface area contributed by atoms with Gasteiger partial charge in [-0.1, -0.05) is 13.8 Å². The summed E-state index contributed by atoms with van der Waals surface area (Å²) in [6, 6.07) is 3.99. The van der Waals surface area contributed by atoms with Crippen molar-refractivity contribution in [2.45, 2.75) is 27.3 Å². The summed E-state index contributed by atoms with van der Waals surface area (Å²) in [5.74, 6) is 0. The molecule has 0 unspecified atom stereocenters. The molecule has 5 N–H and O–H groups in total. The molecule has 0 aliphatic carbocycles. The van der Waals surface area contributed by atoms with Gasteiger partial charge in [-0.3, -0.25) is 0 Å². The molecule has 0 radical (unpaired) electrons. The van der Waals surface area contributed by atoms with Crippen LogP contribution in [0.4, 0.5) is 5.69 Å². The lowest BCUT2D eigenvalue weighted by Crippen LogP contribution is -2.01. The summed E-state index contributed by atoms with van der Waals surface area (Å²) in [5.41, 5.74) is 15.4. The molecule has 0 spiro atoms. The van der Waals surface area contributed by atoms with E-state index in [1.807, 2.05) is 26.1 Å². The highest BCUT2D eigenvalue weighted by atomic mass is 14.7. The Hall–Kier alpha value is -1.48. The van der Waals surface area contributed by atoms with Crippen molar-refractivity contribution >= 4 is 16.6 Å². The molecule has 3 nitrogen and oxygen atoms in total. The first kappa shape index (κ1) is 11.6. The van der Waals surface area contributed by atoms with Gasteiger partial charge < -0.3 is 16.5 Å². The zero-order valence-electron chi connectivity index (χ0n) is 9.59. The largest absolute Gasteiger partial charge is 0.398 e. The van der Waals surface area contributed by atoms with E-state index < -0.39 is 0 Å². The van der Waals surface area contributed by atoms with Crippen molar-refractivity contribution in [1.82, 2.24) is 4.98 Å². The molecule has 2 rings (SSSR count). The fourth-order valence-electron chi connectivity index (χ4n) is 1.55. The van der Waals surface area contributed by atoms with Crippen LogP contribution in [0.5, 0.6) is 0 Å². The summed E-state index contributed by atoms with van der Waals surface area (Å²) >= 11 is 0. The number of nitrogens with one attached hydrogen (secondary N) is 1. The Morgan fingerprint density at radius 2 is 1.93 bits per heavy atom. The van der Waals surface area contributed by atoms with Gasteiger partial charge in [0, 0.05) is 29.3 Å². The second-order valence-corrected chi connectivity index (χ2v) is 3.27. The van der Waals surface area contributed by atoms with Gasteiger partial charge in [0.2, 0.25) is 0 Å². The van der Waals surface area contributed by atoms with Crippen molar-refractivity contribution in [1.29, 1.82) is 0 Å². The van der Waals surface area contributed by atoms with E-state index in [-0.39, 0.29) is 0 Å². The van der Waals surface area contributed by atoms with E-state index in [4.69, 9.17) is 11.5 Å². The molecule has 0 fully saturated rings. The average molecular weight is 205 g/mol. The molecule has 3 heteroatoms. The van der Waals surface area contributed by atoms with E-state index in [1.54, 1.807) is 0 Å². The smallest absolute Gasteiger partial charge is 0.0477 e. The highest BCUT2D eigenvalue weighted by Crippen LogP contribution is 2.23. The second kappa shape index (κ2) is 4.84. The maximum Gasteiger partial charge on any atom is 0.0477 e. The van der Waals surface area contributed by atoms with Crippen molar-refractivity contribution in [2.75, 3.05) is 5.73 Å².